The van der Waals surface area contributed by atoms with Crippen molar-refractivity contribution in [1.29, 1.82) is 0 Å². The molecule has 0 fully saturated rings. The van der Waals surface area contributed by atoms with E-state index in [0.717, 1.165) is 35.6 Å². The zero-order valence-corrected chi connectivity index (χ0v) is 15.6. The van der Waals surface area contributed by atoms with Gasteiger partial charge in [0.1, 0.15) is 17.1 Å². The van der Waals surface area contributed by atoms with Crippen LogP contribution in [-0.2, 0) is 32.0 Å². The molecule has 0 spiro atoms. The normalized spacial score (nSPS) is 13.5. The second kappa shape index (κ2) is 7.74. The van der Waals surface area contributed by atoms with Gasteiger partial charge in [0.25, 0.3) is 0 Å². The number of carbonyl (C=O) groups excluding carboxylic acids is 1. The van der Waals surface area contributed by atoms with Gasteiger partial charge in [-0.1, -0.05) is 13.8 Å². The average molecular weight is 348 g/mol. The first-order valence-electron chi connectivity index (χ1n) is 8.63. The molecule has 0 aliphatic heterocycles. The van der Waals surface area contributed by atoms with Crippen LogP contribution < -0.4 is 10.6 Å². The fourth-order valence-electron chi connectivity index (χ4n) is 2.89. The molecule has 7 heteroatoms. The highest BCUT2D eigenvalue weighted by Gasteiger charge is 2.27. The van der Waals surface area contributed by atoms with Gasteiger partial charge in [-0.3, -0.25) is 4.68 Å². The average Bonchev–Trinajstić information content (AvgIpc) is 3.14. The number of hydrogen-bond donors (Lipinski definition) is 3. The Bertz CT molecular complexity index is 731. The predicted molar refractivity (Wildman–Crippen MR) is 95.2 cm³/mol. The van der Waals surface area contributed by atoms with Crippen molar-refractivity contribution < 1.29 is 14.3 Å². The van der Waals surface area contributed by atoms with E-state index >= 15 is 0 Å². The van der Waals surface area contributed by atoms with Crippen LogP contribution in [0.1, 0.15) is 49.2 Å². The van der Waals surface area contributed by atoms with Gasteiger partial charge in [-0.25, -0.2) is 4.79 Å². The third-order valence-electron chi connectivity index (χ3n) is 4.32. The molecule has 1 unspecified atom stereocenters. The Hall–Kier alpha value is -2.28. The van der Waals surface area contributed by atoms with E-state index < -0.39 is 5.60 Å². The summed E-state index contributed by atoms with van der Waals surface area (Å²) in [6.45, 7) is 8.01. The van der Waals surface area contributed by atoms with Gasteiger partial charge in [0.05, 0.1) is 12.2 Å². The molecule has 2 heterocycles. The minimum atomic E-state index is -1.26. The molecule has 0 aliphatic rings. The molecule has 0 bridgehead atoms. The Balaban J connectivity index is 1.93. The molecule has 2 aromatic rings. The van der Waals surface area contributed by atoms with Crippen molar-refractivity contribution in [2.45, 2.75) is 52.7 Å². The molecular weight excluding hydrogens is 320 g/mol. The van der Waals surface area contributed by atoms with E-state index in [4.69, 9.17) is 4.42 Å². The van der Waals surface area contributed by atoms with Crippen molar-refractivity contribution in [2.24, 2.45) is 7.05 Å². The number of aliphatic hydroxyl groups is 1. The molecule has 2 aromatic heterocycles. The molecule has 2 rings (SSSR count). The van der Waals surface area contributed by atoms with Crippen LogP contribution in [0.2, 0.25) is 0 Å². The third-order valence-corrected chi connectivity index (χ3v) is 4.32. The molecule has 7 nitrogen and oxygen atoms in total. The van der Waals surface area contributed by atoms with Crippen LogP contribution in [0.15, 0.2) is 16.5 Å². The Labute approximate surface area is 148 Å². The second-order valence-electron chi connectivity index (χ2n) is 6.42. The Morgan fingerprint density at radius 2 is 2.04 bits per heavy atom. The van der Waals surface area contributed by atoms with Crippen LogP contribution in [0.3, 0.4) is 0 Å². The maximum absolute atomic E-state index is 12.1. The Morgan fingerprint density at radius 3 is 2.60 bits per heavy atom. The van der Waals surface area contributed by atoms with E-state index in [-0.39, 0.29) is 12.6 Å². The van der Waals surface area contributed by atoms with E-state index in [2.05, 4.69) is 22.7 Å². The van der Waals surface area contributed by atoms with Crippen molar-refractivity contribution in [1.82, 2.24) is 20.4 Å². The number of rotatable bonds is 7. The SMILES string of the molecule is CCc1nn(C)c(CC)c1CNC(=O)NCC(C)(O)c1ccc(C)o1. The fraction of sp³-hybridized carbons (Fsp3) is 0.556. The van der Waals surface area contributed by atoms with Gasteiger partial charge in [0.15, 0.2) is 0 Å². The Kier molecular flexibility index (Phi) is 5.89. The van der Waals surface area contributed by atoms with Crippen LogP contribution in [0, 0.1) is 6.92 Å². The van der Waals surface area contributed by atoms with Crippen molar-refractivity contribution in [3.8, 4) is 0 Å². The van der Waals surface area contributed by atoms with Crippen molar-refractivity contribution >= 4 is 6.03 Å². The minimum absolute atomic E-state index is 0.0557. The first-order valence-corrected chi connectivity index (χ1v) is 8.63. The lowest BCUT2D eigenvalue weighted by molar-refractivity contribution is 0.0359. The Morgan fingerprint density at radius 1 is 1.32 bits per heavy atom. The summed E-state index contributed by atoms with van der Waals surface area (Å²) in [7, 11) is 1.92. The topological polar surface area (TPSA) is 92.3 Å². The number of aryl methyl sites for hydroxylation is 3. The summed E-state index contributed by atoms with van der Waals surface area (Å²) in [5.74, 6) is 1.15. The zero-order valence-electron chi connectivity index (χ0n) is 15.6. The number of urea groups is 1. The first-order chi connectivity index (χ1) is 11.8. The molecular formula is C18H28N4O3. The number of aromatic nitrogens is 2. The van der Waals surface area contributed by atoms with Gasteiger partial charge >= 0.3 is 6.03 Å². The van der Waals surface area contributed by atoms with Gasteiger partial charge in [-0.15, -0.1) is 0 Å². The van der Waals surface area contributed by atoms with Gasteiger partial charge in [0, 0.05) is 24.8 Å². The number of hydrogen-bond acceptors (Lipinski definition) is 4. The number of nitrogens with one attached hydrogen (secondary N) is 2. The molecule has 0 aromatic carbocycles. The highest BCUT2D eigenvalue weighted by atomic mass is 16.4. The number of amides is 2. The molecule has 0 saturated heterocycles. The highest BCUT2D eigenvalue weighted by Crippen LogP contribution is 2.22. The van der Waals surface area contributed by atoms with Gasteiger partial charge in [-0.2, -0.15) is 5.10 Å². The van der Waals surface area contributed by atoms with E-state index in [0.29, 0.717) is 12.3 Å². The van der Waals surface area contributed by atoms with Crippen LogP contribution in [0.5, 0.6) is 0 Å². The summed E-state index contributed by atoms with van der Waals surface area (Å²) >= 11 is 0. The lowest BCUT2D eigenvalue weighted by Crippen LogP contribution is -2.43. The summed E-state index contributed by atoms with van der Waals surface area (Å²) in [4.78, 5) is 12.1. The number of furan rings is 1. The van der Waals surface area contributed by atoms with Crippen LogP contribution >= 0.6 is 0 Å². The molecule has 0 aliphatic carbocycles. The van der Waals surface area contributed by atoms with Crippen molar-refractivity contribution in [3.05, 3.63) is 40.6 Å². The lowest BCUT2D eigenvalue weighted by Gasteiger charge is -2.21. The monoisotopic (exact) mass is 348 g/mol. The summed E-state index contributed by atoms with van der Waals surface area (Å²) in [5, 5.41) is 20.5. The number of carbonyl (C=O) groups is 1. The second-order valence-corrected chi connectivity index (χ2v) is 6.42. The van der Waals surface area contributed by atoms with Crippen molar-refractivity contribution in [3.63, 3.8) is 0 Å². The van der Waals surface area contributed by atoms with Crippen LogP contribution in [0.4, 0.5) is 4.79 Å². The third kappa shape index (κ3) is 4.42. The molecule has 138 valence electrons. The van der Waals surface area contributed by atoms with E-state index in [9.17, 15) is 9.90 Å². The maximum Gasteiger partial charge on any atom is 0.315 e. The maximum atomic E-state index is 12.1. The summed E-state index contributed by atoms with van der Waals surface area (Å²) in [6.07, 6.45) is 1.67. The molecule has 25 heavy (non-hydrogen) atoms. The molecule has 1 atom stereocenters. The fourth-order valence-corrected chi connectivity index (χ4v) is 2.89. The number of nitrogens with zero attached hydrogens (tertiary/aromatic N) is 2. The highest BCUT2D eigenvalue weighted by molar-refractivity contribution is 5.74. The van der Waals surface area contributed by atoms with Gasteiger partial charge in [0.2, 0.25) is 0 Å². The van der Waals surface area contributed by atoms with Crippen molar-refractivity contribution in [2.75, 3.05) is 6.54 Å². The summed E-state index contributed by atoms with van der Waals surface area (Å²) in [6, 6.07) is 3.16. The predicted octanol–water partition coefficient (Wildman–Crippen LogP) is 2.15. The smallest absolute Gasteiger partial charge is 0.315 e. The largest absolute Gasteiger partial charge is 0.463 e. The molecule has 0 saturated carbocycles. The zero-order chi connectivity index (χ0) is 18.6. The summed E-state index contributed by atoms with van der Waals surface area (Å²) < 4.78 is 7.31. The first kappa shape index (κ1) is 19.1. The van der Waals surface area contributed by atoms with Gasteiger partial charge < -0.3 is 20.2 Å². The van der Waals surface area contributed by atoms with E-state index in [1.807, 2.05) is 25.6 Å². The lowest BCUT2D eigenvalue weighted by atomic mass is 10.0. The minimum Gasteiger partial charge on any atom is -0.463 e. The quantitative estimate of drug-likeness (QED) is 0.715. The van der Waals surface area contributed by atoms with E-state index in [1.54, 1.807) is 19.1 Å². The molecule has 0 radical (unpaired) electrons. The van der Waals surface area contributed by atoms with Crippen LogP contribution in [-0.4, -0.2) is 27.5 Å². The molecule has 2 amide bonds. The van der Waals surface area contributed by atoms with Gasteiger partial charge in [-0.05, 0) is 38.8 Å². The molecule has 3 N–H and O–H groups in total. The standard InChI is InChI=1S/C18H28N4O3/c1-6-14-13(15(7-2)22(5)21-14)10-19-17(23)20-11-18(4,24)16-9-8-12(3)25-16/h8-9,24H,6-7,10-11H2,1-5H3,(H2,19,20,23). The summed E-state index contributed by atoms with van der Waals surface area (Å²) in [5.41, 5.74) is 1.92. The van der Waals surface area contributed by atoms with E-state index in [1.165, 1.54) is 0 Å². The van der Waals surface area contributed by atoms with Crippen LogP contribution in [0.25, 0.3) is 0 Å².